The molecule has 0 bridgehead atoms. The lowest BCUT2D eigenvalue weighted by atomic mass is 10.1. The van der Waals surface area contributed by atoms with Gasteiger partial charge in [0.25, 0.3) is 0 Å². The molecule has 88 valence electrons. The van der Waals surface area contributed by atoms with Gasteiger partial charge < -0.3 is 0 Å². The monoisotopic (exact) mass is 302 g/mol. The minimum Gasteiger partial charge on any atom is -0.129 e. The smallest absolute Gasteiger partial charge is 0.0514 e. The molecule has 4 heteroatoms. The Balaban J connectivity index is 2.68. The summed E-state index contributed by atoms with van der Waals surface area (Å²) in [5.74, 6) is 0. The number of rotatable bonds is 2. The molecule has 0 radical (unpaired) electrons. The molecule has 0 nitrogen and oxygen atoms in total. The molecule has 0 heterocycles. The van der Waals surface area contributed by atoms with Gasteiger partial charge in [-0.3, -0.25) is 0 Å². The standard InChI is InChI=1S/C13H9Cl3S/c1-17-12-5-3-2-4-9(12)13-10(15)6-8(14)7-11(13)16/h2-7H,1H3. The summed E-state index contributed by atoms with van der Waals surface area (Å²) >= 11 is 20.0. The van der Waals surface area contributed by atoms with Gasteiger partial charge in [-0.1, -0.05) is 53.0 Å². The van der Waals surface area contributed by atoms with Crippen molar-refractivity contribution >= 4 is 46.6 Å². The first-order valence-electron chi connectivity index (χ1n) is 4.91. The summed E-state index contributed by atoms with van der Waals surface area (Å²) in [7, 11) is 0. The lowest BCUT2D eigenvalue weighted by molar-refractivity contribution is 1.45. The summed E-state index contributed by atoms with van der Waals surface area (Å²) in [5, 5.41) is 1.69. The topological polar surface area (TPSA) is 0 Å². The Bertz CT molecular complexity index is 529. The van der Waals surface area contributed by atoms with Crippen molar-refractivity contribution in [1.29, 1.82) is 0 Å². The number of halogens is 3. The van der Waals surface area contributed by atoms with Crippen molar-refractivity contribution in [2.75, 3.05) is 6.26 Å². The molecule has 17 heavy (non-hydrogen) atoms. The van der Waals surface area contributed by atoms with Crippen LogP contribution in [-0.4, -0.2) is 6.26 Å². The highest BCUT2D eigenvalue weighted by atomic mass is 35.5. The molecular formula is C13H9Cl3S. The van der Waals surface area contributed by atoms with Crippen LogP contribution in [0.15, 0.2) is 41.3 Å². The number of hydrogen-bond donors (Lipinski definition) is 0. The van der Waals surface area contributed by atoms with E-state index in [4.69, 9.17) is 34.8 Å². The second-order valence-electron chi connectivity index (χ2n) is 3.44. The van der Waals surface area contributed by atoms with E-state index in [1.165, 1.54) is 0 Å². The molecule has 2 aromatic rings. The predicted molar refractivity (Wildman–Crippen MR) is 78.7 cm³/mol. The normalized spacial score (nSPS) is 10.6. The zero-order chi connectivity index (χ0) is 12.4. The van der Waals surface area contributed by atoms with E-state index in [1.807, 2.05) is 30.5 Å². The molecule has 0 N–H and O–H groups in total. The van der Waals surface area contributed by atoms with Crippen LogP contribution in [0, 0.1) is 0 Å². The number of benzene rings is 2. The minimum absolute atomic E-state index is 0.547. The summed E-state index contributed by atoms with van der Waals surface area (Å²) in [4.78, 5) is 1.14. The Labute approximate surface area is 120 Å². The van der Waals surface area contributed by atoms with Crippen LogP contribution in [0.25, 0.3) is 11.1 Å². The Morgan fingerprint density at radius 3 is 2.12 bits per heavy atom. The van der Waals surface area contributed by atoms with Gasteiger partial charge in [0.2, 0.25) is 0 Å². The molecule has 0 atom stereocenters. The van der Waals surface area contributed by atoms with E-state index in [2.05, 4.69) is 0 Å². The Morgan fingerprint density at radius 1 is 0.941 bits per heavy atom. The molecule has 0 saturated heterocycles. The van der Waals surface area contributed by atoms with E-state index in [1.54, 1.807) is 23.9 Å². The second kappa shape index (κ2) is 5.53. The van der Waals surface area contributed by atoms with Gasteiger partial charge in [0.1, 0.15) is 0 Å². The van der Waals surface area contributed by atoms with Crippen LogP contribution in [0.3, 0.4) is 0 Å². The largest absolute Gasteiger partial charge is 0.129 e. The SMILES string of the molecule is CSc1ccccc1-c1c(Cl)cc(Cl)cc1Cl. The van der Waals surface area contributed by atoms with Gasteiger partial charge in [0.15, 0.2) is 0 Å². The van der Waals surface area contributed by atoms with Gasteiger partial charge in [-0.05, 0) is 30.0 Å². The summed E-state index contributed by atoms with van der Waals surface area (Å²) in [5.41, 5.74) is 1.87. The van der Waals surface area contributed by atoms with Gasteiger partial charge >= 0.3 is 0 Å². The molecule has 0 unspecified atom stereocenters. The van der Waals surface area contributed by atoms with E-state index < -0.39 is 0 Å². The zero-order valence-corrected chi connectivity index (χ0v) is 12.1. The first kappa shape index (κ1) is 13.1. The molecular weight excluding hydrogens is 295 g/mol. The summed E-state index contributed by atoms with van der Waals surface area (Å²) in [6.45, 7) is 0. The van der Waals surface area contributed by atoms with Gasteiger partial charge in [0, 0.05) is 15.5 Å². The maximum atomic E-state index is 6.22. The molecule has 0 aromatic heterocycles. The van der Waals surface area contributed by atoms with Crippen molar-refractivity contribution in [1.82, 2.24) is 0 Å². The molecule has 0 fully saturated rings. The van der Waals surface area contributed by atoms with Gasteiger partial charge in [0.05, 0.1) is 10.0 Å². The van der Waals surface area contributed by atoms with Crippen molar-refractivity contribution in [3.8, 4) is 11.1 Å². The van der Waals surface area contributed by atoms with Crippen LogP contribution in [0.5, 0.6) is 0 Å². The molecule has 0 amide bonds. The van der Waals surface area contributed by atoms with Gasteiger partial charge in [-0.25, -0.2) is 0 Å². The van der Waals surface area contributed by atoms with E-state index >= 15 is 0 Å². The average molecular weight is 304 g/mol. The van der Waals surface area contributed by atoms with E-state index in [9.17, 15) is 0 Å². The summed E-state index contributed by atoms with van der Waals surface area (Å²) in [6, 6.07) is 11.4. The lowest BCUT2D eigenvalue weighted by Crippen LogP contribution is -1.85. The summed E-state index contributed by atoms with van der Waals surface area (Å²) in [6.07, 6.45) is 2.02. The van der Waals surface area contributed by atoms with Crippen LogP contribution in [0.4, 0.5) is 0 Å². The fourth-order valence-corrected chi connectivity index (χ4v) is 3.28. The number of hydrogen-bond acceptors (Lipinski definition) is 1. The molecule has 0 aliphatic rings. The molecule has 0 aliphatic carbocycles. The average Bonchev–Trinajstić information content (AvgIpc) is 2.28. The Morgan fingerprint density at radius 2 is 1.53 bits per heavy atom. The fourth-order valence-electron chi connectivity index (χ4n) is 1.65. The maximum Gasteiger partial charge on any atom is 0.0514 e. The Hall–Kier alpha value is -0.340. The van der Waals surface area contributed by atoms with Crippen LogP contribution < -0.4 is 0 Å². The lowest BCUT2D eigenvalue weighted by Gasteiger charge is -2.11. The molecule has 0 saturated carbocycles. The van der Waals surface area contributed by atoms with E-state index in [-0.39, 0.29) is 0 Å². The third-order valence-electron chi connectivity index (χ3n) is 2.38. The molecule has 0 aliphatic heterocycles. The first-order chi connectivity index (χ1) is 8.13. The van der Waals surface area contributed by atoms with Crippen molar-refractivity contribution in [3.05, 3.63) is 51.5 Å². The highest BCUT2D eigenvalue weighted by Gasteiger charge is 2.12. The quantitative estimate of drug-likeness (QED) is 0.610. The molecule has 2 rings (SSSR count). The van der Waals surface area contributed by atoms with Crippen molar-refractivity contribution in [2.24, 2.45) is 0 Å². The first-order valence-corrected chi connectivity index (χ1v) is 7.27. The van der Waals surface area contributed by atoms with Crippen LogP contribution >= 0.6 is 46.6 Å². The maximum absolute atomic E-state index is 6.22. The fraction of sp³-hybridized carbons (Fsp3) is 0.0769. The predicted octanol–water partition coefficient (Wildman–Crippen LogP) is 6.04. The minimum atomic E-state index is 0.547. The van der Waals surface area contributed by atoms with Crippen LogP contribution in [-0.2, 0) is 0 Å². The highest BCUT2D eigenvalue weighted by Crippen LogP contribution is 2.40. The van der Waals surface area contributed by atoms with Crippen LogP contribution in [0.1, 0.15) is 0 Å². The van der Waals surface area contributed by atoms with Crippen molar-refractivity contribution in [3.63, 3.8) is 0 Å². The highest BCUT2D eigenvalue weighted by molar-refractivity contribution is 7.98. The summed E-state index contributed by atoms with van der Waals surface area (Å²) < 4.78 is 0. The van der Waals surface area contributed by atoms with Crippen molar-refractivity contribution < 1.29 is 0 Å². The second-order valence-corrected chi connectivity index (χ2v) is 5.54. The van der Waals surface area contributed by atoms with E-state index in [0.29, 0.717) is 15.1 Å². The molecule has 0 spiro atoms. The molecule has 2 aromatic carbocycles. The number of thioether (sulfide) groups is 1. The zero-order valence-electron chi connectivity index (χ0n) is 9.01. The Kier molecular flexibility index (Phi) is 4.26. The van der Waals surface area contributed by atoms with E-state index in [0.717, 1.165) is 16.0 Å². The van der Waals surface area contributed by atoms with Gasteiger partial charge in [-0.2, -0.15) is 0 Å². The van der Waals surface area contributed by atoms with Crippen LogP contribution in [0.2, 0.25) is 15.1 Å². The van der Waals surface area contributed by atoms with Gasteiger partial charge in [-0.15, -0.1) is 11.8 Å². The third kappa shape index (κ3) is 2.74. The van der Waals surface area contributed by atoms with Crippen molar-refractivity contribution in [2.45, 2.75) is 4.90 Å². The third-order valence-corrected chi connectivity index (χ3v) is 3.99.